The Bertz CT molecular complexity index is 1160. The standard InChI is InChI=1S/C26H30F3N5O/c1-32(2)11-12-33-13-15-34(16-14-33)25(35)21-17-23(18-7-9-19(10-8-18)26(27,28)29)31-24(21)20-5-3-4-6-22(20)30/h3-10,17,31H,11-16,30H2,1-2H3. The van der Waals surface area contributed by atoms with Crippen LogP contribution in [0.15, 0.2) is 54.6 Å². The molecule has 3 aromatic rings. The van der Waals surface area contributed by atoms with Gasteiger partial charge in [-0.2, -0.15) is 13.2 Å². The first-order chi connectivity index (χ1) is 16.6. The van der Waals surface area contributed by atoms with E-state index in [4.69, 9.17) is 5.73 Å². The van der Waals surface area contributed by atoms with Gasteiger partial charge in [0.25, 0.3) is 5.91 Å². The van der Waals surface area contributed by atoms with E-state index in [2.05, 4.69) is 14.8 Å². The molecular weight excluding hydrogens is 455 g/mol. The summed E-state index contributed by atoms with van der Waals surface area (Å²) < 4.78 is 39.0. The Kier molecular flexibility index (Phi) is 7.18. The largest absolute Gasteiger partial charge is 0.416 e. The van der Waals surface area contributed by atoms with Gasteiger partial charge in [0.1, 0.15) is 0 Å². The topological polar surface area (TPSA) is 68.6 Å². The van der Waals surface area contributed by atoms with Crippen LogP contribution in [0.5, 0.6) is 0 Å². The Balaban J connectivity index is 1.63. The van der Waals surface area contributed by atoms with Crippen molar-refractivity contribution in [3.05, 3.63) is 65.7 Å². The summed E-state index contributed by atoms with van der Waals surface area (Å²) in [7, 11) is 4.08. The Morgan fingerprint density at radius 2 is 1.69 bits per heavy atom. The van der Waals surface area contributed by atoms with Crippen LogP contribution in [-0.4, -0.2) is 79.0 Å². The van der Waals surface area contributed by atoms with Crippen LogP contribution in [0, 0.1) is 0 Å². The van der Waals surface area contributed by atoms with Gasteiger partial charge in [-0.1, -0.05) is 30.3 Å². The van der Waals surface area contributed by atoms with Gasteiger partial charge in [0, 0.05) is 56.2 Å². The summed E-state index contributed by atoms with van der Waals surface area (Å²) in [5.41, 5.74) is 8.82. The van der Waals surface area contributed by atoms with Crippen LogP contribution in [0.4, 0.5) is 18.9 Å². The fourth-order valence-corrected chi connectivity index (χ4v) is 4.24. The lowest BCUT2D eigenvalue weighted by molar-refractivity contribution is -0.137. The highest BCUT2D eigenvalue weighted by Crippen LogP contribution is 2.35. The minimum Gasteiger partial charge on any atom is -0.398 e. The van der Waals surface area contributed by atoms with Crippen LogP contribution in [0.2, 0.25) is 0 Å². The molecular formula is C26H30F3N5O. The van der Waals surface area contributed by atoms with Crippen molar-refractivity contribution < 1.29 is 18.0 Å². The number of carbonyl (C=O) groups excluding carboxylic acids is 1. The molecule has 9 heteroatoms. The number of amides is 1. The molecule has 0 atom stereocenters. The number of nitrogens with two attached hydrogens (primary N) is 1. The van der Waals surface area contributed by atoms with E-state index in [0.717, 1.165) is 38.3 Å². The number of nitrogens with one attached hydrogen (secondary N) is 1. The van der Waals surface area contributed by atoms with Gasteiger partial charge in [-0.25, -0.2) is 0 Å². The lowest BCUT2D eigenvalue weighted by Crippen LogP contribution is -2.50. The zero-order valence-electron chi connectivity index (χ0n) is 19.9. The van der Waals surface area contributed by atoms with Crippen molar-refractivity contribution in [3.63, 3.8) is 0 Å². The molecule has 2 aromatic carbocycles. The summed E-state index contributed by atoms with van der Waals surface area (Å²) in [4.78, 5) is 23.1. The van der Waals surface area contributed by atoms with Crippen LogP contribution >= 0.6 is 0 Å². The second kappa shape index (κ2) is 10.1. The molecule has 1 aliphatic heterocycles. The van der Waals surface area contributed by atoms with E-state index in [1.54, 1.807) is 12.1 Å². The summed E-state index contributed by atoms with van der Waals surface area (Å²) in [6.45, 7) is 4.70. The monoisotopic (exact) mass is 485 g/mol. The second-order valence-electron chi connectivity index (χ2n) is 9.07. The van der Waals surface area contributed by atoms with E-state index >= 15 is 0 Å². The number of alkyl halides is 3. The molecule has 4 rings (SSSR count). The normalized spacial score (nSPS) is 15.1. The van der Waals surface area contributed by atoms with Gasteiger partial charge >= 0.3 is 6.18 Å². The summed E-state index contributed by atoms with van der Waals surface area (Å²) in [5, 5.41) is 0. The van der Waals surface area contributed by atoms with Crippen molar-refractivity contribution in [2.75, 3.05) is 59.1 Å². The van der Waals surface area contributed by atoms with E-state index in [9.17, 15) is 18.0 Å². The molecule has 1 saturated heterocycles. The molecule has 35 heavy (non-hydrogen) atoms. The maximum Gasteiger partial charge on any atom is 0.416 e. The molecule has 0 spiro atoms. The lowest BCUT2D eigenvalue weighted by atomic mass is 10.0. The maximum absolute atomic E-state index is 13.6. The summed E-state index contributed by atoms with van der Waals surface area (Å²) in [5.74, 6) is -0.120. The SMILES string of the molecule is CN(C)CCN1CCN(C(=O)c2cc(-c3ccc(C(F)(F)F)cc3)[nH]c2-c2ccccc2N)CC1. The van der Waals surface area contributed by atoms with Crippen LogP contribution in [0.1, 0.15) is 15.9 Å². The number of aromatic nitrogens is 1. The van der Waals surface area contributed by atoms with E-state index in [1.165, 1.54) is 12.1 Å². The third-order valence-corrected chi connectivity index (χ3v) is 6.32. The molecule has 6 nitrogen and oxygen atoms in total. The van der Waals surface area contributed by atoms with Gasteiger partial charge in [0.05, 0.1) is 16.8 Å². The van der Waals surface area contributed by atoms with Gasteiger partial charge in [0.15, 0.2) is 0 Å². The Morgan fingerprint density at radius 3 is 2.29 bits per heavy atom. The fraction of sp³-hybridized carbons (Fsp3) is 0.346. The van der Waals surface area contributed by atoms with Crippen molar-refractivity contribution >= 4 is 11.6 Å². The highest BCUT2D eigenvalue weighted by atomic mass is 19.4. The molecule has 1 aliphatic rings. The van der Waals surface area contributed by atoms with E-state index in [1.807, 2.05) is 37.2 Å². The molecule has 1 aromatic heterocycles. The summed E-state index contributed by atoms with van der Waals surface area (Å²) >= 11 is 0. The van der Waals surface area contributed by atoms with E-state index in [0.29, 0.717) is 46.9 Å². The number of anilines is 1. The molecule has 2 heterocycles. The molecule has 0 radical (unpaired) electrons. The second-order valence-corrected chi connectivity index (χ2v) is 9.07. The number of aromatic amines is 1. The van der Waals surface area contributed by atoms with E-state index < -0.39 is 11.7 Å². The van der Waals surface area contributed by atoms with Crippen LogP contribution in [-0.2, 0) is 6.18 Å². The zero-order chi connectivity index (χ0) is 25.2. The smallest absolute Gasteiger partial charge is 0.398 e. The highest BCUT2D eigenvalue weighted by Gasteiger charge is 2.30. The highest BCUT2D eigenvalue weighted by molar-refractivity contribution is 6.03. The Labute approximate surface area is 203 Å². The number of rotatable bonds is 6. The molecule has 3 N–H and O–H groups in total. The minimum atomic E-state index is -4.41. The number of benzene rings is 2. The number of likely N-dealkylation sites (N-methyl/N-ethyl adjacent to an activating group) is 1. The average Bonchev–Trinajstić information content (AvgIpc) is 3.27. The van der Waals surface area contributed by atoms with Crippen molar-refractivity contribution in [2.24, 2.45) is 0 Å². The molecule has 186 valence electrons. The van der Waals surface area contributed by atoms with Crippen molar-refractivity contribution in [2.45, 2.75) is 6.18 Å². The van der Waals surface area contributed by atoms with Crippen molar-refractivity contribution in [1.29, 1.82) is 0 Å². The number of para-hydroxylation sites is 1. The summed E-state index contributed by atoms with van der Waals surface area (Å²) in [6, 6.07) is 13.8. The first-order valence-corrected chi connectivity index (χ1v) is 11.6. The number of hydrogen-bond donors (Lipinski definition) is 2. The number of H-pyrrole nitrogens is 1. The van der Waals surface area contributed by atoms with E-state index in [-0.39, 0.29) is 5.91 Å². The third kappa shape index (κ3) is 5.68. The number of piperazine rings is 1. The fourth-order valence-electron chi connectivity index (χ4n) is 4.24. The number of nitrogen functional groups attached to an aromatic ring is 1. The van der Waals surface area contributed by atoms with Gasteiger partial charge in [-0.15, -0.1) is 0 Å². The first-order valence-electron chi connectivity index (χ1n) is 11.6. The zero-order valence-corrected chi connectivity index (χ0v) is 19.9. The third-order valence-electron chi connectivity index (χ3n) is 6.32. The van der Waals surface area contributed by atoms with Crippen LogP contribution < -0.4 is 5.73 Å². The molecule has 0 saturated carbocycles. The molecule has 1 amide bonds. The number of halogens is 3. The molecule has 0 unspecified atom stereocenters. The first kappa shape index (κ1) is 24.8. The van der Waals surface area contributed by atoms with Crippen LogP contribution in [0.25, 0.3) is 22.5 Å². The van der Waals surface area contributed by atoms with Crippen molar-refractivity contribution in [3.8, 4) is 22.5 Å². The number of carbonyl (C=O) groups is 1. The molecule has 1 fully saturated rings. The predicted molar refractivity (Wildman–Crippen MR) is 132 cm³/mol. The maximum atomic E-state index is 13.6. The molecule has 0 bridgehead atoms. The molecule has 0 aliphatic carbocycles. The van der Waals surface area contributed by atoms with Crippen LogP contribution in [0.3, 0.4) is 0 Å². The van der Waals surface area contributed by atoms with Crippen molar-refractivity contribution in [1.82, 2.24) is 19.7 Å². The van der Waals surface area contributed by atoms with Gasteiger partial charge in [0.2, 0.25) is 0 Å². The Morgan fingerprint density at radius 1 is 1.03 bits per heavy atom. The average molecular weight is 486 g/mol. The predicted octanol–water partition coefficient (Wildman–Crippen LogP) is 4.27. The quantitative estimate of drug-likeness (QED) is 0.512. The minimum absolute atomic E-state index is 0.120. The Hall–Kier alpha value is -3.30. The number of nitrogens with zero attached hydrogens (tertiary/aromatic N) is 3. The lowest BCUT2D eigenvalue weighted by Gasteiger charge is -2.35. The number of hydrogen-bond acceptors (Lipinski definition) is 4. The summed E-state index contributed by atoms with van der Waals surface area (Å²) in [6.07, 6.45) is -4.41. The van der Waals surface area contributed by atoms with Gasteiger partial charge in [-0.3, -0.25) is 9.69 Å². The van der Waals surface area contributed by atoms with Gasteiger partial charge in [-0.05, 0) is 43.9 Å². The van der Waals surface area contributed by atoms with Gasteiger partial charge < -0.3 is 20.5 Å².